The van der Waals surface area contributed by atoms with Gasteiger partial charge in [-0.3, -0.25) is 9.89 Å². The molecule has 25 heavy (non-hydrogen) atoms. The van der Waals surface area contributed by atoms with Crippen molar-refractivity contribution in [2.24, 2.45) is 0 Å². The maximum Gasteiger partial charge on any atom is 0.224 e. The number of hydrogen-bond acceptors (Lipinski definition) is 3. The van der Waals surface area contributed by atoms with Crippen LogP contribution in [0.2, 0.25) is 0 Å². The molecule has 0 saturated heterocycles. The Bertz CT molecular complexity index is 878. The lowest BCUT2D eigenvalue weighted by Gasteiger charge is -2.24. The van der Waals surface area contributed by atoms with E-state index in [1.807, 2.05) is 18.2 Å². The van der Waals surface area contributed by atoms with Gasteiger partial charge < -0.3 is 10.1 Å². The third kappa shape index (κ3) is 3.85. The zero-order valence-corrected chi connectivity index (χ0v) is 14.1. The van der Waals surface area contributed by atoms with E-state index >= 15 is 0 Å². The predicted octanol–water partition coefficient (Wildman–Crippen LogP) is 3.14. The molecule has 3 aromatic rings. The van der Waals surface area contributed by atoms with Gasteiger partial charge in [0.25, 0.3) is 0 Å². The predicted molar refractivity (Wildman–Crippen MR) is 93.6 cm³/mol. The first-order valence-corrected chi connectivity index (χ1v) is 8.07. The van der Waals surface area contributed by atoms with Gasteiger partial charge in [0.05, 0.1) is 24.2 Å². The van der Waals surface area contributed by atoms with Gasteiger partial charge in [-0.05, 0) is 24.6 Å². The highest BCUT2D eigenvalue weighted by molar-refractivity contribution is 5.82. The number of H-pyrrole nitrogens is 1. The molecule has 0 radical (unpaired) electrons. The quantitative estimate of drug-likeness (QED) is 0.724. The summed E-state index contributed by atoms with van der Waals surface area (Å²) in [6.45, 7) is 1.80. The van der Waals surface area contributed by atoms with Crippen molar-refractivity contribution in [1.29, 1.82) is 0 Å². The van der Waals surface area contributed by atoms with E-state index in [1.54, 1.807) is 31.3 Å². The highest BCUT2D eigenvalue weighted by Gasteiger charge is 2.23. The Morgan fingerprint density at radius 3 is 2.88 bits per heavy atom. The zero-order chi connectivity index (χ0) is 17.8. The van der Waals surface area contributed by atoms with E-state index in [1.165, 1.54) is 13.2 Å². The summed E-state index contributed by atoms with van der Waals surface area (Å²) in [6.07, 6.45) is 1.41. The van der Waals surface area contributed by atoms with Crippen LogP contribution < -0.4 is 5.32 Å². The van der Waals surface area contributed by atoms with Gasteiger partial charge in [0.15, 0.2) is 0 Å². The number of benzene rings is 2. The van der Waals surface area contributed by atoms with Gasteiger partial charge >= 0.3 is 0 Å². The van der Waals surface area contributed by atoms with Gasteiger partial charge in [0, 0.05) is 18.1 Å². The Morgan fingerprint density at radius 2 is 2.12 bits per heavy atom. The fourth-order valence-electron chi connectivity index (χ4n) is 2.97. The molecule has 0 spiro atoms. The second-order valence-electron chi connectivity index (χ2n) is 6.00. The molecule has 6 heteroatoms. The number of carbonyl (C=O) groups is 1. The molecular formula is C19H20FN3O2. The Hall–Kier alpha value is -2.73. The summed E-state index contributed by atoms with van der Waals surface area (Å²) < 4.78 is 19.4. The van der Waals surface area contributed by atoms with Crippen molar-refractivity contribution in [3.63, 3.8) is 0 Å². The molecule has 0 fully saturated rings. The molecule has 0 bridgehead atoms. The molecule has 0 aliphatic rings. The van der Waals surface area contributed by atoms with Crippen molar-refractivity contribution >= 4 is 16.8 Å². The number of halogens is 1. The second kappa shape index (κ2) is 7.44. The minimum atomic E-state index is -0.555. The highest BCUT2D eigenvalue weighted by Crippen LogP contribution is 2.23. The van der Waals surface area contributed by atoms with Gasteiger partial charge in [-0.15, -0.1) is 0 Å². The van der Waals surface area contributed by atoms with Crippen LogP contribution in [0.15, 0.2) is 48.7 Å². The summed E-state index contributed by atoms with van der Waals surface area (Å²) in [6, 6.07) is 11.8. The first-order chi connectivity index (χ1) is 12.1. The van der Waals surface area contributed by atoms with Gasteiger partial charge in [-0.2, -0.15) is 5.10 Å². The third-order valence-electron chi connectivity index (χ3n) is 4.18. The molecule has 0 saturated carbocycles. The summed E-state index contributed by atoms with van der Waals surface area (Å²) in [5.74, 6) is -0.495. The number of nitrogens with one attached hydrogen (secondary N) is 2. The number of carbonyl (C=O) groups excluding carboxylic acids is 1. The maximum absolute atomic E-state index is 14.0. The number of ether oxygens (including phenoxy) is 1. The average Bonchev–Trinajstić information content (AvgIpc) is 3.04. The Labute approximate surface area is 145 Å². The molecule has 1 amide bonds. The van der Waals surface area contributed by atoms with Crippen LogP contribution in [0.5, 0.6) is 0 Å². The van der Waals surface area contributed by atoms with Crippen LogP contribution in [-0.4, -0.2) is 29.3 Å². The summed E-state index contributed by atoms with van der Waals surface area (Å²) >= 11 is 0. The SMILES string of the molecule is CO[C@@H](c1ccccc1F)[C@@H](C)NC(=O)Cc1ccc2cn[nH]c2c1. The topological polar surface area (TPSA) is 67.0 Å². The molecule has 2 atom stereocenters. The van der Waals surface area contributed by atoms with Crippen LogP contribution in [0.25, 0.3) is 10.9 Å². The summed E-state index contributed by atoms with van der Waals surface area (Å²) in [4.78, 5) is 12.3. The van der Waals surface area contributed by atoms with Gasteiger partial charge in [0.1, 0.15) is 11.9 Å². The van der Waals surface area contributed by atoms with Crippen LogP contribution in [0.1, 0.15) is 24.2 Å². The average molecular weight is 341 g/mol. The molecule has 0 unspecified atom stereocenters. The first-order valence-electron chi connectivity index (χ1n) is 8.07. The van der Waals surface area contributed by atoms with Crippen molar-refractivity contribution < 1.29 is 13.9 Å². The smallest absolute Gasteiger partial charge is 0.224 e. The number of aromatic nitrogens is 2. The van der Waals surface area contributed by atoms with E-state index in [9.17, 15) is 9.18 Å². The monoisotopic (exact) mass is 341 g/mol. The molecule has 5 nitrogen and oxygen atoms in total. The normalized spacial score (nSPS) is 13.6. The van der Waals surface area contributed by atoms with E-state index in [0.717, 1.165) is 16.5 Å². The van der Waals surface area contributed by atoms with E-state index in [0.29, 0.717) is 5.56 Å². The number of rotatable bonds is 6. The Balaban J connectivity index is 1.67. The lowest BCUT2D eigenvalue weighted by Crippen LogP contribution is -2.38. The number of amides is 1. The van der Waals surface area contributed by atoms with Crippen LogP contribution >= 0.6 is 0 Å². The van der Waals surface area contributed by atoms with Gasteiger partial charge in [-0.25, -0.2) is 4.39 Å². The van der Waals surface area contributed by atoms with Crippen molar-refractivity contribution in [3.05, 3.63) is 65.6 Å². The molecule has 3 rings (SSSR count). The van der Waals surface area contributed by atoms with E-state index in [-0.39, 0.29) is 24.2 Å². The van der Waals surface area contributed by atoms with Crippen molar-refractivity contribution in [3.8, 4) is 0 Å². The van der Waals surface area contributed by atoms with Crippen molar-refractivity contribution in [1.82, 2.24) is 15.5 Å². The fraction of sp³-hybridized carbons (Fsp3) is 0.263. The minimum absolute atomic E-state index is 0.148. The molecule has 0 aliphatic carbocycles. The molecule has 1 heterocycles. The highest BCUT2D eigenvalue weighted by atomic mass is 19.1. The summed E-state index contributed by atoms with van der Waals surface area (Å²) in [5.41, 5.74) is 2.19. The van der Waals surface area contributed by atoms with Gasteiger partial charge in [-0.1, -0.05) is 30.3 Å². The second-order valence-corrected chi connectivity index (χ2v) is 6.00. The van der Waals surface area contributed by atoms with Crippen LogP contribution in [0.4, 0.5) is 4.39 Å². The van der Waals surface area contributed by atoms with Crippen LogP contribution in [0, 0.1) is 5.82 Å². The number of nitrogens with zero attached hydrogens (tertiary/aromatic N) is 1. The minimum Gasteiger partial charge on any atom is -0.375 e. The Kier molecular flexibility index (Phi) is 5.09. The first kappa shape index (κ1) is 17.1. The molecule has 2 aromatic carbocycles. The lowest BCUT2D eigenvalue weighted by atomic mass is 10.0. The Morgan fingerprint density at radius 1 is 1.32 bits per heavy atom. The largest absolute Gasteiger partial charge is 0.375 e. The maximum atomic E-state index is 14.0. The van der Waals surface area contributed by atoms with E-state index < -0.39 is 6.10 Å². The summed E-state index contributed by atoms with van der Waals surface area (Å²) in [5, 5.41) is 10.7. The molecule has 0 aliphatic heterocycles. The van der Waals surface area contributed by atoms with Crippen molar-refractivity contribution in [2.75, 3.05) is 7.11 Å². The molecule has 2 N–H and O–H groups in total. The van der Waals surface area contributed by atoms with Gasteiger partial charge in [0.2, 0.25) is 5.91 Å². The zero-order valence-electron chi connectivity index (χ0n) is 14.1. The number of methoxy groups -OCH3 is 1. The lowest BCUT2D eigenvalue weighted by molar-refractivity contribution is -0.122. The molecule has 1 aromatic heterocycles. The number of aromatic amines is 1. The summed E-state index contributed by atoms with van der Waals surface area (Å²) in [7, 11) is 1.51. The molecular weight excluding hydrogens is 321 g/mol. The van der Waals surface area contributed by atoms with E-state index in [2.05, 4.69) is 15.5 Å². The van der Waals surface area contributed by atoms with Crippen LogP contribution in [0.3, 0.4) is 0 Å². The standard InChI is InChI=1S/C19H20FN3O2/c1-12(19(25-2)15-5-3-4-6-16(15)20)22-18(24)10-13-7-8-14-11-21-23-17(14)9-13/h3-9,11-12,19H,10H2,1-2H3,(H,21,23)(H,22,24)/t12-,19-/m1/s1. The number of fused-ring (bicyclic) bond motifs is 1. The third-order valence-corrected chi connectivity index (χ3v) is 4.18. The van der Waals surface area contributed by atoms with Crippen molar-refractivity contribution in [2.45, 2.75) is 25.5 Å². The number of hydrogen-bond donors (Lipinski definition) is 2. The van der Waals surface area contributed by atoms with E-state index in [4.69, 9.17) is 4.74 Å². The van der Waals surface area contributed by atoms with Crippen LogP contribution in [-0.2, 0) is 16.0 Å². The molecule has 130 valence electrons. The fourth-order valence-corrected chi connectivity index (χ4v) is 2.97.